The lowest BCUT2D eigenvalue weighted by molar-refractivity contribution is 0.102. The van der Waals surface area contributed by atoms with E-state index < -0.39 is 0 Å². The number of aryl methyl sites for hydroxylation is 1. The molecule has 154 valence electrons. The number of nitrogens with zero attached hydrogens (tertiary/aromatic N) is 4. The molecule has 2 aromatic carbocycles. The fraction of sp³-hybridized carbons (Fsp3) is 0.227. The number of ketones is 1. The maximum Gasteiger partial charge on any atom is 0.191 e. The van der Waals surface area contributed by atoms with Gasteiger partial charge >= 0.3 is 0 Å². The van der Waals surface area contributed by atoms with E-state index in [4.69, 9.17) is 0 Å². The summed E-state index contributed by atoms with van der Waals surface area (Å²) in [6, 6.07) is 13.1. The van der Waals surface area contributed by atoms with E-state index in [2.05, 4.69) is 30.7 Å². The Hall–Kier alpha value is -2.58. The zero-order valence-electron chi connectivity index (χ0n) is 16.9. The number of fused-ring (bicyclic) bond motifs is 1. The van der Waals surface area contributed by atoms with Gasteiger partial charge in [-0.05, 0) is 38.1 Å². The van der Waals surface area contributed by atoms with E-state index in [0.29, 0.717) is 23.1 Å². The Morgan fingerprint density at radius 1 is 1.20 bits per heavy atom. The molecule has 8 heteroatoms. The van der Waals surface area contributed by atoms with Crippen molar-refractivity contribution >= 4 is 44.4 Å². The highest BCUT2D eigenvalue weighted by atomic mass is 79.9. The second-order valence-corrected chi connectivity index (χ2v) is 8.82. The number of aromatic hydroxyl groups is 1. The van der Waals surface area contributed by atoms with Crippen LogP contribution in [-0.4, -0.2) is 36.0 Å². The fourth-order valence-corrected chi connectivity index (χ4v) is 4.88. The highest BCUT2D eigenvalue weighted by Gasteiger charge is 2.21. The van der Waals surface area contributed by atoms with Crippen LogP contribution in [0.2, 0.25) is 0 Å². The van der Waals surface area contributed by atoms with Gasteiger partial charge in [0.05, 0.1) is 11.3 Å². The van der Waals surface area contributed by atoms with Crippen LogP contribution in [0.25, 0.3) is 22.3 Å². The van der Waals surface area contributed by atoms with E-state index in [9.17, 15) is 9.90 Å². The van der Waals surface area contributed by atoms with E-state index in [-0.39, 0.29) is 17.3 Å². The highest BCUT2D eigenvalue weighted by Crippen LogP contribution is 2.33. The molecule has 0 radical (unpaired) electrons. The van der Waals surface area contributed by atoms with E-state index in [1.165, 1.54) is 11.8 Å². The van der Waals surface area contributed by atoms with Gasteiger partial charge in [-0.15, -0.1) is 10.2 Å². The number of phenols is 1. The summed E-state index contributed by atoms with van der Waals surface area (Å²) in [5.41, 5.74) is 3.36. The van der Waals surface area contributed by atoms with E-state index in [1.54, 1.807) is 12.1 Å². The van der Waals surface area contributed by atoms with Crippen molar-refractivity contribution in [3.8, 4) is 17.1 Å². The van der Waals surface area contributed by atoms with Crippen LogP contribution < -0.4 is 0 Å². The third-order valence-corrected chi connectivity index (χ3v) is 6.70. The molecule has 0 aliphatic heterocycles. The molecule has 0 bridgehead atoms. The number of thioether (sulfide) groups is 1. The van der Waals surface area contributed by atoms with Gasteiger partial charge in [-0.3, -0.25) is 4.79 Å². The lowest BCUT2D eigenvalue weighted by Gasteiger charge is -2.09. The minimum atomic E-state index is 0.0619. The number of para-hydroxylation sites is 1. The highest BCUT2D eigenvalue weighted by molar-refractivity contribution is 9.10. The van der Waals surface area contributed by atoms with Gasteiger partial charge in [0.2, 0.25) is 0 Å². The molecular formula is C22H21BrN4O2S. The van der Waals surface area contributed by atoms with Gasteiger partial charge in [-0.1, -0.05) is 45.9 Å². The average Bonchev–Trinajstić information content (AvgIpc) is 3.27. The third kappa shape index (κ3) is 3.54. The van der Waals surface area contributed by atoms with Gasteiger partial charge in [0, 0.05) is 40.2 Å². The van der Waals surface area contributed by atoms with E-state index >= 15 is 0 Å². The van der Waals surface area contributed by atoms with E-state index in [0.717, 1.165) is 26.6 Å². The Balaban J connectivity index is 1.62. The minimum Gasteiger partial charge on any atom is -0.507 e. The van der Waals surface area contributed by atoms with Gasteiger partial charge in [0.1, 0.15) is 5.75 Å². The van der Waals surface area contributed by atoms with Crippen LogP contribution in [0.3, 0.4) is 0 Å². The van der Waals surface area contributed by atoms with Crippen molar-refractivity contribution in [1.82, 2.24) is 19.3 Å². The number of carbonyl (C=O) groups excluding carboxylic acids is 1. The first-order chi connectivity index (χ1) is 14.4. The van der Waals surface area contributed by atoms with Crippen LogP contribution in [0.1, 0.15) is 23.0 Å². The molecule has 0 spiro atoms. The topological polar surface area (TPSA) is 72.9 Å². The summed E-state index contributed by atoms with van der Waals surface area (Å²) < 4.78 is 4.81. The van der Waals surface area contributed by atoms with E-state index in [1.807, 2.05) is 55.8 Å². The second kappa shape index (κ2) is 8.28. The Kier molecular flexibility index (Phi) is 5.71. The summed E-state index contributed by atoms with van der Waals surface area (Å²) >= 11 is 4.79. The van der Waals surface area contributed by atoms with Gasteiger partial charge < -0.3 is 14.2 Å². The predicted molar refractivity (Wildman–Crippen MR) is 123 cm³/mol. The minimum absolute atomic E-state index is 0.0619. The molecule has 4 rings (SSSR count). The maximum absolute atomic E-state index is 13.1. The van der Waals surface area contributed by atoms with Crippen molar-refractivity contribution in [3.63, 3.8) is 0 Å². The van der Waals surface area contributed by atoms with Crippen molar-refractivity contribution in [2.24, 2.45) is 7.05 Å². The molecule has 0 saturated carbocycles. The smallest absolute Gasteiger partial charge is 0.191 e. The monoisotopic (exact) mass is 484 g/mol. The summed E-state index contributed by atoms with van der Waals surface area (Å²) in [4.78, 5) is 13.1. The van der Waals surface area contributed by atoms with Crippen LogP contribution in [0.15, 0.2) is 52.1 Å². The van der Waals surface area contributed by atoms with Crippen molar-refractivity contribution in [3.05, 3.63) is 58.2 Å². The number of hydrogen-bond donors (Lipinski definition) is 1. The zero-order chi connectivity index (χ0) is 21.4. The molecule has 6 nitrogen and oxygen atoms in total. The number of phenolic OH excluding ortho intramolecular Hbond substituents is 1. The maximum atomic E-state index is 13.1. The van der Waals surface area contributed by atoms with Crippen molar-refractivity contribution in [1.29, 1.82) is 0 Å². The standard InChI is InChI=1S/C22H21BrN4O2S/c1-4-27-21(16-11-14(23)9-10-18(16)28)24-25-22(27)30-12-19(29)20-13(2)26(3)17-8-6-5-7-15(17)20/h5-11,28H,4,12H2,1-3H3. The zero-order valence-corrected chi connectivity index (χ0v) is 19.3. The quantitative estimate of drug-likeness (QED) is 0.300. The molecule has 0 saturated heterocycles. The summed E-state index contributed by atoms with van der Waals surface area (Å²) in [7, 11) is 1.98. The molecule has 0 unspecified atom stereocenters. The van der Waals surface area contributed by atoms with Crippen LogP contribution in [-0.2, 0) is 13.6 Å². The molecule has 2 heterocycles. The first kappa shape index (κ1) is 20.7. The second-order valence-electron chi connectivity index (χ2n) is 6.96. The predicted octanol–water partition coefficient (Wildman–Crippen LogP) is 5.21. The molecule has 4 aromatic rings. The molecular weight excluding hydrogens is 464 g/mol. The van der Waals surface area contributed by atoms with Crippen LogP contribution >= 0.6 is 27.7 Å². The normalized spacial score (nSPS) is 11.3. The molecule has 0 amide bonds. The molecule has 0 fully saturated rings. The summed E-state index contributed by atoms with van der Waals surface area (Å²) in [5.74, 6) is 1.04. The Morgan fingerprint density at radius 3 is 2.73 bits per heavy atom. The lowest BCUT2D eigenvalue weighted by Crippen LogP contribution is -2.07. The molecule has 2 aromatic heterocycles. The Labute approximate surface area is 187 Å². The summed E-state index contributed by atoms with van der Waals surface area (Å²) in [6.45, 7) is 4.58. The average molecular weight is 485 g/mol. The molecule has 0 atom stereocenters. The number of Topliss-reactive ketones (excluding diaryl/α,β-unsaturated/α-hetero) is 1. The van der Waals surface area contributed by atoms with Gasteiger partial charge in [0.25, 0.3) is 0 Å². The molecule has 0 aliphatic carbocycles. The van der Waals surface area contributed by atoms with Gasteiger partial charge in [-0.25, -0.2) is 0 Å². The summed E-state index contributed by atoms with van der Waals surface area (Å²) in [6.07, 6.45) is 0. The van der Waals surface area contributed by atoms with Crippen molar-refractivity contribution in [2.75, 3.05) is 5.75 Å². The molecule has 30 heavy (non-hydrogen) atoms. The Morgan fingerprint density at radius 2 is 1.97 bits per heavy atom. The number of benzene rings is 2. The number of rotatable bonds is 6. The SMILES string of the molecule is CCn1c(SCC(=O)c2c(C)n(C)c3ccccc23)nnc1-c1cc(Br)ccc1O. The molecule has 1 N–H and O–H groups in total. The Bertz CT molecular complexity index is 1260. The number of carbonyl (C=O) groups is 1. The first-order valence-electron chi connectivity index (χ1n) is 9.54. The van der Waals surface area contributed by atoms with Crippen LogP contribution in [0, 0.1) is 6.92 Å². The van der Waals surface area contributed by atoms with Gasteiger partial charge in [0.15, 0.2) is 16.8 Å². The van der Waals surface area contributed by atoms with Crippen LogP contribution in [0.4, 0.5) is 0 Å². The third-order valence-electron chi connectivity index (χ3n) is 5.24. The van der Waals surface area contributed by atoms with Crippen molar-refractivity contribution in [2.45, 2.75) is 25.5 Å². The largest absolute Gasteiger partial charge is 0.507 e. The summed E-state index contributed by atoms with van der Waals surface area (Å²) in [5, 5.41) is 20.4. The van der Waals surface area contributed by atoms with Crippen LogP contribution in [0.5, 0.6) is 5.75 Å². The lowest BCUT2D eigenvalue weighted by atomic mass is 10.1. The fourth-order valence-electron chi connectivity index (χ4n) is 3.64. The number of hydrogen-bond acceptors (Lipinski definition) is 5. The first-order valence-corrected chi connectivity index (χ1v) is 11.3. The van der Waals surface area contributed by atoms with Gasteiger partial charge in [-0.2, -0.15) is 0 Å². The molecule has 0 aliphatic rings. The number of aromatic nitrogens is 4. The van der Waals surface area contributed by atoms with Crippen molar-refractivity contribution < 1.29 is 9.90 Å². The number of halogens is 1.